The summed E-state index contributed by atoms with van der Waals surface area (Å²) in [7, 11) is 1.33. The Morgan fingerprint density at radius 2 is 1.90 bits per heavy atom. The number of ether oxygens (including phenoxy) is 1. The van der Waals surface area contributed by atoms with E-state index >= 15 is 0 Å². The molecular weight excluding hydrogens is 400 g/mol. The number of fused-ring (bicyclic) bond motifs is 1. The maximum atomic E-state index is 13.3. The van der Waals surface area contributed by atoms with Gasteiger partial charge in [-0.1, -0.05) is 43.0 Å². The average Bonchev–Trinajstić information content (AvgIpc) is 3.26. The van der Waals surface area contributed by atoms with Crippen LogP contribution in [0.2, 0.25) is 0 Å². The lowest BCUT2D eigenvalue weighted by molar-refractivity contribution is 0.0598. The Hall–Kier alpha value is -3.32. The summed E-state index contributed by atoms with van der Waals surface area (Å²) in [5.74, 6) is 0.343. The van der Waals surface area contributed by atoms with Gasteiger partial charge in [-0.2, -0.15) is 0 Å². The van der Waals surface area contributed by atoms with Crippen LogP contribution in [0.15, 0.2) is 75.2 Å². The molecule has 0 aliphatic rings. The highest BCUT2D eigenvalue weighted by Crippen LogP contribution is 2.27. The zero-order chi connectivity index (χ0) is 21.1. The molecule has 2 aromatic carbocycles. The number of aromatic nitrogens is 2. The van der Waals surface area contributed by atoms with E-state index in [4.69, 9.17) is 14.1 Å². The van der Waals surface area contributed by atoms with Gasteiger partial charge >= 0.3 is 5.97 Å². The second kappa shape index (κ2) is 8.59. The molecule has 0 unspecified atom stereocenters. The maximum absolute atomic E-state index is 13.3. The van der Waals surface area contributed by atoms with Gasteiger partial charge in [0.25, 0.3) is 5.56 Å². The molecular formula is C23H20N2O4S. The molecule has 6 nitrogen and oxygen atoms in total. The standard InChI is InChI=1S/C23H20N2O4S/c1-3-15-8-10-16(11-9-15)25-21(26)17-6-4-5-7-19(17)24-23(25)30-14-20-18(12-13-29-20)22(27)28-2/h4-13H,3,14H2,1-2H3. The first-order chi connectivity index (χ1) is 14.6. The molecule has 0 fully saturated rings. The van der Waals surface area contributed by atoms with Gasteiger partial charge in [0.15, 0.2) is 5.16 Å². The van der Waals surface area contributed by atoms with E-state index in [9.17, 15) is 9.59 Å². The minimum Gasteiger partial charge on any atom is -0.468 e. The van der Waals surface area contributed by atoms with Crippen molar-refractivity contribution in [2.45, 2.75) is 24.3 Å². The Labute approximate surface area is 177 Å². The third kappa shape index (κ3) is 3.76. The van der Waals surface area contributed by atoms with Crippen LogP contribution in [0.1, 0.15) is 28.6 Å². The van der Waals surface area contributed by atoms with Gasteiger partial charge < -0.3 is 9.15 Å². The highest BCUT2D eigenvalue weighted by atomic mass is 32.2. The van der Waals surface area contributed by atoms with E-state index in [0.29, 0.717) is 33.1 Å². The molecule has 0 bridgehead atoms. The first-order valence-corrected chi connectivity index (χ1v) is 10.5. The summed E-state index contributed by atoms with van der Waals surface area (Å²) in [6.07, 6.45) is 2.37. The molecule has 2 heterocycles. The van der Waals surface area contributed by atoms with E-state index < -0.39 is 5.97 Å². The zero-order valence-electron chi connectivity index (χ0n) is 16.6. The summed E-state index contributed by atoms with van der Waals surface area (Å²) in [5, 5.41) is 1.07. The molecule has 0 saturated carbocycles. The van der Waals surface area contributed by atoms with Gasteiger partial charge in [0, 0.05) is 0 Å². The number of rotatable bonds is 6. The molecule has 0 saturated heterocycles. The van der Waals surface area contributed by atoms with E-state index in [1.165, 1.54) is 30.7 Å². The molecule has 4 rings (SSSR count). The lowest BCUT2D eigenvalue weighted by Crippen LogP contribution is -2.21. The summed E-state index contributed by atoms with van der Waals surface area (Å²) in [6.45, 7) is 2.09. The summed E-state index contributed by atoms with van der Waals surface area (Å²) in [5.41, 5.74) is 2.78. The van der Waals surface area contributed by atoms with Crippen molar-refractivity contribution in [3.63, 3.8) is 0 Å². The summed E-state index contributed by atoms with van der Waals surface area (Å²) in [4.78, 5) is 29.9. The van der Waals surface area contributed by atoms with Crippen molar-refractivity contribution in [1.82, 2.24) is 9.55 Å². The fourth-order valence-electron chi connectivity index (χ4n) is 3.19. The molecule has 30 heavy (non-hydrogen) atoms. The second-order valence-electron chi connectivity index (χ2n) is 6.61. The van der Waals surface area contributed by atoms with Crippen molar-refractivity contribution in [1.29, 1.82) is 0 Å². The molecule has 0 aliphatic carbocycles. The van der Waals surface area contributed by atoms with Gasteiger partial charge in [-0.25, -0.2) is 9.78 Å². The molecule has 0 atom stereocenters. The van der Waals surface area contributed by atoms with Crippen molar-refractivity contribution >= 4 is 28.6 Å². The van der Waals surface area contributed by atoms with E-state index in [1.807, 2.05) is 42.5 Å². The van der Waals surface area contributed by atoms with Gasteiger partial charge in [0.2, 0.25) is 0 Å². The lowest BCUT2D eigenvalue weighted by Gasteiger charge is -2.13. The van der Waals surface area contributed by atoms with Gasteiger partial charge in [-0.15, -0.1) is 0 Å². The normalized spacial score (nSPS) is 11.0. The summed E-state index contributed by atoms with van der Waals surface area (Å²) < 4.78 is 11.9. The Morgan fingerprint density at radius 1 is 1.13 bits per heavy atom. The van der Waals surface area contributed by atoms with Gasteiger partial charge in [0.05, 0.1) is 35.7 Å². The molecule has 7 heteroatoms. The van der Waals surface area contributed by atoms with Crippen molar-refractivity contribution in [2.24, 2.45) is 0 Å². The van der Waals surface area contributed by atoms with Gasteiger partial charge in [-0.3, -0.25) is 9.36 Å². The SMILES string of the molecule is CCc1ccc(-n2c(SCc3occc3C(=O)OC)nc3ccccc3c2=O)cc1. The third-order valence-electron chi connectivity index (χ3n) is 4.83. The molecule has 4 aromatic rings. The molecule has 0 aliphatic heterocycles. The van der Waals surface area contributed by atoms with Crippen LogP contribution < -0.4 is 5.56 Å². The quantitative estimate of drug-likeness (QED) is 0.257. The first kappa shape index (κ1) is 20.0. The highest BCUT2D eigenvalue weighted by molar-refractivity contribution is 7.98. The van der Waals surface area contributed by atoms with Crippen LogP contribution >= 0.6 is 11.8 Å². The number of furan rings is 1. The number of nitrogens with zero attached hydrogens (tertiary/aromatic N) is 2. The van der Waals surface area contributed by atoms with E-state index in [-0.39, 0.29) is 5.56 Å². The third-order valence-corrected chi connectivity index (χ3v) is 5.77. The zero-order valence-corrected chi connectivity index (χ0v) is 17.4. The molecule has 0 amide bonds. The van der Waals surface area contributed by atoms with Crippen molar-refractivity contribution < 1.29 is 13.9 Å². The van der Waals surface area contributed by atoms with E-state index in [1.54, 1.807) is 16.7 Å². The fourth-order valence-corrected chi connectivity index (χ4v) is 4.16. The minimum atomic E-state index is -0.460. The topological polar surface area (TPSA) is 74.3 Å². The van der Waals surface area contributed by atoms with Gasteiger partial charge in [0.1, 0.15) is 11.3 Å². The smallest absolute Gasteiger partial charge is 0.341 e. The van der Waals surface area contributed by atoms with Crippen LogP contribution in [-0.2, 0) is 16.9 Å². The summed E-state index contributed by atoms with van der Waals surface area (Å²) in [6, 6.07) is 16.7. The van der Waals surface area contributed by atoms with Crippen LogP contribution in [0, 0.1) is 0 Å². The number of aryl methyl sites for hydroxylation is 1. The number of carbonyl (C=O) groups is 1. The number of thioether (sulfide) groups is 1. The molecule has 0 radical (unpaired) electrons. The number of methoxy groups -OCH3 is 1. The number of benzene rings is 2. The van der Waals surface area contributed by atoms with E-state index in [0.717, 1.165) is 12.1 Å². The second-order valence-corrected chi connectivity index (χ2v) is 7.55. The maximum Gasteiger partial charge on any atom is 0.341 e. The molecule has 0 spiro atoms. The van der Waals surface area contributed by atoms with Crippen LogP contribution in [0.4, 0.5) is 0 Å². The predicted octanol–water partition coefficient (Wildman–Crippen LogP) is 4.62. The van der Waals surface area contributed by atoms with Crippen molar-refractivity contribution in [3.05, 3.63) is 88.1 Å². The number of para-hydroxylation sites is 1. The van der Waals surface area contributed by atoms with Crippen LogP contribution in [0.25, 0.3) is 16.6 Å². The first-order valence-electron chi connectivity index (χ1n) is 9.51. The van der Waals surface area contributed by atoms with Crippen molar-refractivity contribution in [2.75, 3.05) is 7.11 Å². The number of carbonyl (C=O) groups excluding carboxylic acids is 1. The van der Waals surface area contributed by atoms with Crippen LogP contribution in [0.5, 0.6) is 0 Å². The number of esters is 1. The Balaban J connectivity index is 1.79. The molecule has 152 valence electrons. The average molecular weight is 420 g/mol. The highest BCUT2D eigenvalue weighted by Gasteiger charge is 2.18. The Morgan fingerprint density at radius 3 is 2.63 bits per heavy atom. The predicted molar refractivity (Wildman–Crippen MR) is 116 cm³/mol. The van der Waals surface area contributed by atoms with Crippen LogP contribution in [0.3, 0.4) is 0 Å². The van der Waals surface area contributed by atoms with E-state index in [2.05, 4.69) is 6.92 Å². The van der Waals surface area contributed by atoms with Gasteiger partial charge in [-0.05, 0) is 42.3 Å². The fraction of sp³-hybridized carbons (Fsp3) is 0.174. The Bertz CT molecular complexity index is 1260. The van der Waals surface area contributed by atoms with Crippen molar-refractivity contribution in [3.8, 4) is 5.69 Å². The minimum absolute atomic E-state index is 0.139. The number of hydrogen-bond donors (Lipinski definition) is 0. The Kier molecular flexibility index (Phi) is 5.72. The molecule has 2 aromatic heterocycles. The van der Waals surface area contributed by atoms with Crippen LogP contribution in [-0.4, -0.2) is 22.6 Å². The summed E-state index contributed by atoms with van der Waals surface area (Å²) >= 11 is 1.33. The largest absolute Gasteiger partial charge is 0.468 e. The molecule has 0 N–H and O–H groups in total. The lowest BCUT2D eigenvalue weighted by atomic mass is 10.1. The number of hydrogen-bond acceptors (Lipinski definition) is 6. The monoisotopic (exact) mass is 420 g/mol.